The van der Waals surface area contributed by atoms with E-state index < -0.39 is 12.8 Å². The molecule has 0 saturated heterocycles. The summed E-state index contributed by atoms with van der Waals surface area (Å²) in [7, 11) is 3.34. The van der Waals surface area contributed by atoms with Crippen LogP contribution in [0.1, 0.15) is 18.9 Å². The van der Waals surface area contributed by atoms with E-state index in [0.717, 1.165) is 12.0 Å². The minimum Gasteiger partial charge on any atom is -0.484 e. The highest BCUT2D eigenvalue weighted by atomic mass is 127. The highest BCUT2D eigenvalue weighted by molar-refractivity contribution is 14.0. The topological polar surface area (TPSA) is 66.0 Å². The van der Waals surface area contributed by atoms with E-state index in [1.807, 2.05) is 6.92 Å². The molecule has 10 heteroatoms. The molecular weight excluding hydrogens is 476 g/mol. The van der Waals surface area contributed by atoms with Crippen LogP contribution < -0.4 is 15.4 Å². The first-order valence-electron chi connectivity index (χ1n) is 8.22. The van der Waals surface area contributed by atoms with Crippen molar-refractivity contribution in [1.82, 2.24) is 15.5 Å². The molecule has 1 rings (SSSR count). The Hall–Kier alpha value is -1.72. The number of ether oxygens (including phenoxy) is 1. The average molecular weight is 502 g/mol. The number of likely N-dealkylation sites (N-methyl/N-ethyl adjacent to an activating group) is 1. The number of halogens is 4. The van der Waals surface area contributed by atoms with E-state index in [1.54, 1.807) is 26.2 Å². The third-order valence-corrected chi connectivity index (χ3v) is 3.19. The number of amides is 1. The Balaban J connectivity index is 0.00000676. The lowest BCUT2D eigenvalue weighted by Gasteiger charge is -2.14. The van der Waals surface area contributed by atoms with Crippen molar-refractivity contribution in [3.63, 3.8) is 0 Å². The molecule has 0 saturated carbocycles. The van der Waals surface area contributed by atoms with Gasteiger partial charge in [-0.15, -0.1) is 24.0 Å². The number of carbonyl (C=O) groups is 1. The molecular formula is C17H26F3IN4O2. The van der Waals surface area contributed by atoms with Gasteiger partial charge in [-0.05, 0) is 24.1 Å². The molecule has 1 aromatic rings. The van der Waals surface area contributed by atoms with Gasteiger partial charge in [0.05, 0.1) is 13.1 Å². The quantitative estimate of drug-likeness (QED) is 0.326. The molecule has 0 aliphatic heterocycles. The number of aliphatic imine (C=N–C) groups is 1. The predicted molar refractivity (Wildman–Crippen MR) is 110 cm³/mol. The molecule has 0 aliphatic carbocycles. The first-order chi connectivity index (χ1) is 12.2. The van der Waals surface area contributed by atoms with E-state index in [1.165, 1.54) is 17.0 Å². The second-order valence-electron chi connectivity index (χ2n) is 5.78. The first-order valence-corrected chi connectivity index (χ1v) is 8.22. The summed E-state index contributed by atoms with van der Waals surface area (Å²) in [6, 6.07) is 6.24. The Labute approximate surface area is 174 Å². The van der Waals surface area contributed by atoms with Gasteiger partial charge in [0, 0.05) is 20.6 Å². The Morgan fingerprint density at radius 1 is 1.19 bits per heavy atom. The molecule has 0 radical (unpaired) electrons. The summed E-state index contributed by atoms with van der Waals surface area (Å²) >= 11 is 0. The average Bonchev–Trinajstić information content (AvgIpc) is 2.59. The van der Waals surface area contributed by atoms with Gasteiger partial charge in [0.1, 0.15) is 5.75 Å². The number of hydrogen-bond donors (Lipinski definition) is 2. The second-order valence-corrected chi connectivity index (χ2v) is 5.78. The fourth-order valence-corrected chi connectivity index (χ4v) is 1.76. The van der Waals surface area contributed by atoms with Gasteiger partial charge in [0.25, 0.3) is 0 Å². The molecule has 27 heavy (non-hydrogen) atoms. The van der Waals surface area contributed by atoms with Gasteiger partial charge in [0.2, 0.25) is 5.91 Å². The van der Waals surface area contributed by atoms with E-state index in [0.29, 0.717) is 19.0 Å². The lowest BCUT2D eigenvalue weighted by Crippen LogP contribution is -2.43. The van der Waals surface area contributed by atoms with Crippen molar-refractivity contribution in [1.29, 1.82) is 0 Å². The molecule has 0 unspecified atom stereocenters. The van der Waals surface area contributed by atoms with E-state index in [2.05, 4.69) is 20.4 Å². The third kappa shape index (κ3) is 11.6. The molecule has 2 N–H and O–H groups in total. The van der Waals surface area contributed by atoms with Gasteiger partial charge in [-0.3, -0.25) is 4.79 Å². The van der Waals surface area contributed by atoms with Crippen LogP contribution in [0.2, 0.25) is 0 Å². The summed E-state index contributed by atoms with van der Waals surface area (Å²) in [5, 5.41) is 6.05. The van der Waals surface area contributed by atoms with E-state index in [-0.39, 0.29) is 42.2 Å². The van der Waals surface area contributed by atoms with Crippen molar-refractivity contribution in [2.75, 3.05) is 33.8 Å². The molecule has 6 nitrogen and oxygen atoms in total. The maximum absolute atomic E-state index is 12.1. The number of rotatable bonds is 8. The number of nitrogens with one attached hydrogen (secondary N) is 2. The number of carbonyl (C=O) groups excluding carboxylic acids is 1. The summed E-state index contributed by atoms with van der Waals surface area (Å²) in [5.74, 6) is 0.565. The molecule has 0 heterocycles. The number of guanidine groups is 1. The number of benzene rings is 1. The van der Waals surface area contributed by atoms with Crippen molar-refractivity contribution >= 4 is 35.8 Å². The number of nitrogens with zero attached hydrogens (tertiary/aromatic N) is 2. The SMILES string of the molecule is CCCNC(=NCc1ccc(OCC(F)(F)F)cc1)NCC(=O)N(C)C.I. The molecule has 0 spiro atoms. The third-order valence-electron chi connectivity index (χ3n) is 3.19. The number of hydrogen-bond acceptors (Lipinski definition) is 3. The minimum atomic E-state index is -4.36. The minimum absolute atomic E-state index is 0. The Kier molecular flexibility index (Phi) is 11.8. The zero-order valence-corrected chi connectivity index (χ0v) is 17.9. The Morgan fingerprint density at radius 3 is 2.33 bits per heavy atom. The van der Waals surface area contributed by atoms with Crippen LogP contribution in [0.25, 0.3) is 0 Å². The van der Waals surface area contributed by atoms with E-state index in [9.17, 15) is 18.0 Å². The highest BCUT2D eigenvalue weighted by Gasteiger charge is 2.28. The summed E-state index contributed by atoms with van der Waals surface area (Å²) in [5.41, 5.74) is 0.806. The molecule has 1 aromatic carbocycles. The van der Waals surface area contributed by atoms with Crippen LogP contribution in [0, 0.1) is 0 Å². The van der Waals surface area contributed by atoms with Crippen LogP contribution in [-0.2, 0) is 11.3 Å². The fourth-order valence-electron chi connectivity index (χ4n) is 1.76. The molecule has 0 bridgehead atoms. The monoisotopic (exact) mass is 502 g/mol. The van der Waals surface area contributed by atoms with Crippen LogP contribution in [-0.4, -0.2) is 56.7 Å². The Morgan fingerprint density at radius 2 is 1.81 bits per heavy atom. The lowest BCUT2D eigenvalue weighted by atomic mass is 10.2. The van der Waals surface area contributed by atoms with Gasteiger partial charge >= 0.3 is 6.18 Å². The predicted octanol–water partition coefficient (Wildman–Crippen LogP) is 2.78. The van der Waals surface area contributed by atoms with Crippen molar-refractivity contribution in [2.24, 2.45) is 4.99 Å². The van der Waals surface area contributed by atoms with Crippen LogP contribution in [0.5, 0.6) is 5.75 Å². The maximum Gasteiger partial charge on any atom is 0.422 e. The normalized spacial score (nSPS) is 11.4. The molecule has 0 atom stereocenters. The highest BCUT2D eigenvalue weighted by Crippen LogP contribution is 2.19. The van der Waals surface area contributed by atoms with Crippen LogP contribution in [0.3, 0.4) is 0 Å². The standard InChI is InChI=1S/C17H25F3N4O2.HI/c1-4-9-21-16(23-11-15(25)24(2)3)22-10-13-5-7-14(8-6-13)26-12-17(18,19)20;/h5-8H,4,9-12H2,1-3H3,(H2,21,22,23);1H. The van der Waals surface area contributed by atoms with Crippen LogP contribution in [0.4, 0.5) is 13.2 Å². The van der Waals surface area contributed by atoms with Gasteiger partial charge in [-0.2, -0.15) is 13.2 Å². The molecule has 1 amide bonds. The summed E-state index contributed by atoms with van der Waals surface area (Å²) < 4.78 is 41.0. The van der Waals surface area contributed by atoms with Crippen molar-refractivity contribution in [3.05, 3.63) is 29.8 Å². The zero-order chi connectivity index (χ0) is 19.6. The van der Waals surface area contributed by atoms with E-state index >= 15 is 0 Å². The molecule has 0 aromatic heterocycles. The fraction of sp³-hybridized carbons (Fsp3) is 0.529. The van der Waals surface area contributed by atoms with Gasteiger partial charge in [-0.25, -0.2) is 4.99 Å². The van der Waals surface area contributed by atoms with Crippen molar-refractivity contribution in [2.45, 2.75) is 26.1 Å². The maximum atomic E-state index is 12.1. The zero-order valence-electron chi connectivity index (χ0n) is 15.6. The van der Waals surface area contributed by atoms with Crippen molar-refractivity contribution in [3.8, 4) is 5.75 Å². The van der Waals surface area contributed by atoms with Gasteiger partial charge in [0.15, 0.2) is 12.6 Å². The smallest absolute Gasteiger partial charge is 0.422 e. The van der Waals surface area contributed by atoms with E-state index in [4.69, 9.17) is 0 Å². The van der Waals surface area contributed by atoms with Gasteiger partial charge < -0.3 is 20.3 Å². The second kappa shape index (κ2) is 12.6. The lowest BCUT2D eigenvalue weighted by molar-refractivity contribution is -0.153. The molecule has 0 fully saturated rings. The largest absolute Gasteiger partial charge is 0.484 e. The number of alkyl halides is 3. The summed E-state index contributed by atoms with van der Waals surface area (Å²) in [4.78, 5) is 17.5. The van der Waals surface area contributed by atoms with Crippen molar-refractivity contribution < 1.29 is 22.7 Å². The Bertz CT molecular complexity index is 593. The molecule has 0 aliphatic rings. The molecule has 154 valence electrons. The summed E-state index contributed by atoms with van der Waals surface area (Å²) in [6.45, 7) is 1.82. The first kappa shape index (κ1) is 25.3. The van der Waals surface area contributed by atoms with Crippen LogP contribution in [0.15, 0.2) is 29.3 Å². The van der Waals surface area contributed by atoms with Gasteiger partial charge in [-0.1, -0.05) is 19.1 Å². The summed E-state index contributed by atoms with van der Waals surface area (Å²) in [6.07, 6.45) is -3.47. The van der Waals surface area contributed by atoms with Crippen LogP contribution >= 0.6 is 24.0 Å².